The lowest BCUT2D eigenvalue weighted by Gasteiger charge is -2.03. The molecule has 0 unspecified atom stereocenters. The number of rotatable bonds is 6. The average Bonchev–Trinajstić information content (AvgIpc) is 2.21. The van der Waals surface area contributed by atoms with Gasteiger partial charge in [0.15, 0.2) is 0 Å². The molecule has 0 fully saturated rings. The van der Waals surface area contributed by atoms with Gasteiger partial charge in [0.05, 0.1) is 5.69 Å². The molecule has 0 saturated carbocycles. The monoisotopic (exact) mass is 257 g/mol. The third-order valence-corrected chi connectivity index (χ3v) is 2.37. The van der Waals surface area contributed by atoms with Crippen molar-refractivity contribution in [2.45, 2.75) is 19.4 Å². The van der Waals surface area contributed by atoms with Crippen LogP contribution in [0.15, 0.2) is 22.8 Å². The van der Waals surface area contributed by atoms with Gasteiger partial charge in [0.2, 0.25) is 0 Å². The van der Waals surface area contributed by atoms with E-state index in [4.69, 9.17) is 5.73 Å². The Morgan fingerprint density at radius 2 is 2.21 bits per heavy atom. The molecule has 0 saturated heterocycles. The second-order valence-electron chi connectivity index (χ2n) is 3.14. The Hall–Kier alpha value is -0.450. The Morgan fingerprint density at radius 1 is 1.36 bits per heavy atom. The minimum Gasteiger partial charge on any atom is -0.330 e. The maximum Gasteiger partial charge on any atom is 0.0542 e. The standard InChI is InChI=1S/C10H16BrN3/c11-9-3-4-10(14-7-9)8-13-6-2-1-5-12/h3-4,7,13H,1-2,5-6,8,12H2. The lowest BCUT2D eigenvalue weighted by molar-refractivity contribution is 0.620. The molecular weight excluding hydrogens is 242 g/mol. The van der Waals surface area contributed by atoms with Gasteiger partial charge in [0, 0.05) is 17.2 Å². The Kier molecular flexibility index (Phi) is 5.75. The molecule has 0 aliphatic rings. The fraction of sp³-hybridized carbons (Fsp3) is 0.500. The number of halogens is 1. The van der Waals surface area contributed by atoms with Crippen LogP contribution in [0.4, 0.5) is 0 Å². The zero-order valence-electron chi connectivity index (χ0n) is 8.17. The molecule has 0 aromatic carbocycles. The predicted octanol–water partition coefficient (Wildman–Crippen LogP) is 1.67. The molecule has 0 atom stereocenters. The number of hydrogen-bond acceptors (Lipinski definition) is 3. The van der Waals surface area contributed by atoms with Gasteiger partial charge < -0.3 is 11.1 Å². The number of aromatic nitrogens is 1. The van der Waals surface area contributed by atoms with Crippen LogP contribution in [0.25, 0.3) is 0 Å². The van der Waals surface area contributed by atoms with Gasteiger partial charge in [0.25, 0.3) is 0 Å². The van der Waals surface area contributed by atoms with Crippen LogP contribution in [-0.2, 0) is 6.54 Å². The van der Waals surface area contributed by atoms with Gasteiger partial charge in [-0.05, 0) is 54.0 Å². The number of unbranched alkanes of at least 4 members (excludes halogenated alkanes) is 1. The predicted molar refractivity (Wildman–Crippen MR) is 61.9 cm³/mol. The SMILES string of the molecule is NCCCCNCc1ccc(Br)cn1. The molecule has 1 rings (SSSR count). The van der Waals surface area contributed by atoms with E-state index in [0.717, 1.165) is 42.6 Å². The molecule has 0 bridgehead atoms. The minimum atomic E-state index is 0.776. The van der Waals surface area contributed by atoms with Crippen molar-refractivity contribution in [2.24, 2.45) is 5.73 Å². The molecule has 78 valence electrons. The van der Waals surface area contributed by atoms with Gasteiger partial charge in [0.1, 0.15) is 0 Å². The van der Waals surface area contributed by atoms with Crippen LogP contribution in [0.5, 0.6) is 0 Å². The number of nitrogens with one attached hydrogen (secondary N) is 1. The number of pyridine rings is 1. The third-order valence-electron chi connectivity index (χ3n) is 1.90. The molecule has 3 nitrogen and oxygen atoms in total. The molecule has 14 heavy (non-hydrogen) atoms. The van der Waals surface area contributed by atoms with Gasteiger partial charge in [-0.2, -0.15) is 0 Å². The van der Waals surface area contributed by atoms with E-state index in [9.17, 15) is 0 Å². The zero-order valence-corrected chi connectivity index (χ0v) is 9.76. The van der Waals surface area contributed by atoms with E-state index < -0.39 is 0 Å². The normalized spacial score (nSPS) is 10.4. The molecule has 0 radical (unpaired) electrons. The summed E-state index contributed by atoms with van der Waals surface area (Å²) >= 11 is 3.35. The molecule has 0 amide bonds. The second kappa shape index (κ2) is 6.92. The van der Waals surface area contributed by atoms with E-state index in [1.54, 1.807) is 0 Å². The summed E-state index contributed by atoms with van der Waals surface area (Å²) in [5.74, 6) is 0. The highest BCUT2D eigenvalue weighted by molar-refractivity contribution is 9.10. The Bertz CT molecular complexity index is 248. The van der Waals surface area contributed by atoms with Crippen molar-refractivity contribution in [1.29, 1.82) is 0 Å². The van der Waals surface area contributed by atoms with E-state index in [2.05, 4.69) is 26.2 Å². The van der Waals surface area contributed by atoms with Gasteiger partial charge in [-0.3, -0.25) is 4.98 Å². The quantitative estimate of drug-likeness (QED) is 0.763. The van der Waals surface area contributed by atoms with Gasteiger partial charge in [-0.15, -0.1) is 0 Å². The van der Waals surface area contributed by atoms with Crippen LogP contribution in [0, 0.1) is 0 Å². The Balaban J connectivity index is 2.15. The summed E-state index contributed by atoms with van der Waals surface area (Å²) in [6.45, 7) is 2.62. The Morgan fingerprint density at radius 3 is 2.86 bits per heavy atom. The number of nitrogens with zero attached hydrogens (tertiary/aromatic N) is 1. The maximum absolute atomic E-state index is 5.39. The van der Waals surface area contributed by atoms with E-state index in [1.807, 2.05) is 18.3 Å². The molecule has 1 heterocycles. The lowest BCUT2D eigenvalue weighted by atomic mass is 10.3. The van der Waals surface area contributed by atoms with Gasteiger partial charge in [-0.1, -0.05) is 0 Å². The minimum absolute atomic E-state index is 0.776. The molecule has 0 aliphatic carbocycles. The van der Waals surface area contributed by atoms with Crippen LogP contribution in [-0.4, -0.2) is 18.1 Å². The largest absolute Gasteiger partial charge is 0.330 e. The van der Waals surface area contributed by atoms with Crippen molar-refractivity contribution in [3.05, 3.63) is 28.5 Å². The zero-order chi connectivity index (χ0) is 10.2. The first-order chi connectivity index (χ1) is 6.83. The van der Waals surface area contributed by atoms with E-state index in [0.29, 0.717) is 0 Å². The van der Waals surface area contributed by atoms with Crippen molar-refractivity contribution in [2.75, 3.05) is 13.1 Å². The molecule has 1 aromatic heterocycles. The summed E-state index contributed by atoms with van der Waals surface area (Å²) in [6.07, 6.45) is 4.03. The van der Waals surface area contributed by atoms with Crippen molar-refractivity contribution in [3.8, 4) is 0 Å². The molecule has 0 aliphatic heterocycles. The third kappa shape index (κ3) is 4.69. The fourth-order valence-corrected chi connectivity index (χ4v) is 1.36. The summed E-state index contributed by atoms with van der Waals surface area (Å²) in [6, 6.07) is 4.02. The van der Waals surface area contributed by atoms with E-state index >= 15 is 0 Å². The van der Waals surface area contributed by atoms with Crippen LogP contribution in [0.2, 0.25) is 0 Å². The van der Waals surface area contributed by atoms with E-state index in [1.165, 1.54) is 0 Å². The first kappa shape index (κ1) is 11.6. The first-order valence-electron chi connectivity index (χ1n) is 4.84. The topological polar surface area (TPSA) is 50.9 Å². The Labute approximate surface area is 93.2 Å². The first-order valence-corrected chi connectivity index (χ1v) is 5.63. The fourth-order valence-electron chi connectivity index (χ4n) is 1.12. The smallest absolute Gasteiger partial charge is 0.0542 e. The summed E-state index contributed by atoms with van der Waals surface area (Å²) in [4.78, 5) is 4.26. The highest BCUT2D eigenvalue weighted by Gasteiger charge is 1.93. The van der Waals surface area contributed by atoms with Crippen LogP contribution < -0.4 is 11.1 Å². The van der Waals surface area contributed by atoms with Gasteiger partial charge >= 0.3 is 0 Å². The van der Waals surface area contributed by atoms with Gasteiger partial charge in [-0.25, -0.2) is 0 Å². The second-order valence-corrected chi connectivity index (χ2v) is 4.06. The van der Waals surface area contributed by atoms with Crippen LogP contribution >= 0.6 is 15.9 Å². The van der Waals surface area contributed by atoms with Crippen molar-refractivity contribution in [1.82, 2.24) is 10.3 Å². The molecule has 1 aromatic rings. The van der Waals surface area contributed by atoms with Crippen LogP contribution in [0.1, 0.15) is 18.5 Å². The highest BCUT2D eigenvalue weighted by atomic mass is 79.9. The summed E-state index contributed by atoms with van der Waals surface area (Å²) < 4.78 is 1.02. The molecule has 0 spiro atoms. The van der Waals surface area contributed by atoms with Crippen molar-refractivity contribution >= 4 is 15.9 Å². The lowest BCUT2D eigenvalue weighted by Crippen LogP contribution is -2.16. The van der Waals surface area contributed by atoms with Crippen molar-refractivity contribution < 1.29 is 0 Å². The summed E-state index contributed by atoms with van der Waals surface area (Å²) in [5.41, 5.74) is 6.46. The maximum atomic E-state index is 5.39. The molecular formula is C10H16BrN3. The highest BCUT2D eigenvalue weighted by Crippen LogP contribution is 2.06. The number of nitrogens with two attached hydrogens (primary N) is 1. The molecule has 4 heteroatoms. The van der Waals surface area contributed by atoms with Crippen LogP contribution in [0.3, 0.4) is 0 Å². The summed E-state index contributed by atoms with van der Waals surface area (Å²) in [5, 5.41) is 3.32. The van der Waals surface area contributed by atoms with Crippen molar-refractivity contribution in [3.63, 3.8) is 0 Å². The number of hydrogen-bond donors (Lipinski definition) is 2. The van der Waals surface area contributed by atoms with E-state index in [-0.39, 0.29) is 0 Å². The molecule has 3 N–H and O–H groups in total. The average molecular weight is 258 g/mol. The summed E-state index contributed by atoms with van der Waals surface area (Å²) in [7, 11) is 0.